The van der Waals surface area contributed by atoms with Crippen LogP contribution in [-0.4, -0.2) is 4.90 Å². The molecular weight excluding hydrogens is 250 g/mol. The van der Waals surface area contributed by atoms with Crippen LogP contribution in [0.15, 0.2) is 46.7 Å². The van der Waals surface area contributed by atoms with Crippen molar-refractivity contribution >= 4 is 22.0 Å². The molecule has 15 heavy (non-hydrogen) atoms. The molecule has 1 aromatic rings. The van der Waals surface area contributed by atoms with Crippen LogP contribution in [0, 0.1) is 6.08 Å². The van der Waals surface area contributed by atoms with Crippen LogP contribution in [0.3, 0.4) is 0 Å². The van der Waals surface area contributed by atoms with Gasteiger partial charge in [0.25, 0.3) is 0 Å². The Labute approximate surface area is 97.5 Å². The number of halogens is 1. The van der Waals surface area contributed by atoms with Gasteiger partial charge in [0.05, 0.1) is 31.0 Å². The monoisotopic (exact) mass is 258 g/mol. The fourth-order valence-corrected chi connectivity index (χ4v) is 2.26. The van der Waals surface area contributed by atoms with Gasteiger partial charge in [-0.3, -0.25) is 0 Å². The summed E-state index contributed by atoms with van der Waals surface area (Å²) in [4.78, 5) is 2.20. The summed E-state index contributed by atoms with van der Waals surface area (Å²) in [6, 6.07) is 6.41. The standard InChI is InChI=1S/C13H9BrN/c14-12-5-4-10-9-15-6-2-1-3-13(15)8-11(10)7-12/h1-2,4-8H,9H2/q+1. The van der Waals surface area contributed by atoms with Crippen molar-refractivity contribution in [3.8, 4) is 0 Å². The zero-order valence-corrected chi connectivity index (χ0v) is 9.66. The van der Waals surface area contributed by atoms with Gasteiger partial charge in [0.2, 0.25) is 5.70 Å². The molecule has 0 bridgehead atoms. The van der Waals surface area contributed by atoms with Crippen LogP contribution in [0.1, 0.15) is 11.1 Å². The van der Waals surface area contributed by atoms with E-state index in [1.807, 2.05) is 12.2 Å². The molecule has 0 saturated carbocycles. The average Bonchev–Trinajstić information content (AvgIpc) is 2.26. The first kappa shape index (κ1) is 8.90. The van der Waals surface area contributed by atoms with E-state index in [9.17, 15) is 0 Å². The Balaban J connectivity index is 2.12. The van der Waals surface area contributed by atoms with E-state index in [4.69, 9.17) is 0 Å². The van der Waals surface area contributed by atoms with Gasteiger partial charge >= 0.3 is 0 Å². The molecule has 0 atom stereocenters. The van der Waals surface area contributed by atoms with Crippen molar-refractivity contribution in [2.45, 2.75) is 6.54 Å². The van der Waals surface area contributed by atoms with Gasteiger partial charge < -0.3 is 4.90 Å². The normalized spacial score (nSPS) is 16.6. The van der Waals surface area contributed by atoms with E-state index >= 15 is 0 Å². The zero-order valence-electron chi connectivity index (χ0n) is 8.07. The van der Waals surface area contributed by atoms with Gasteiger partial charge in [-0.25, -0.2) is 0 Å². The van der Waals surface area contributed by atoms with Gasteiger partial charge in [-0.2, -0.15) is 0 Å². The molecule has 1 nitrogen and oxygen atoms in total. The molecule has 0 spiro atoms. The van der Waals surface area contributed by atoms with Crippen LogP contribution in [0.5, 0.6) is 0 Å². The summed E-state index contributed by atoms with van der Waals surface area (Å²) >= 11 is 3.49. The van der Waals surface area contributed by atoms with Gasteiger partial charge in [-0.05, 0) is 17.7 Å². The van der Waals surface area contributed by atoms with E-state index in [2.05, 4.69) is 57.4 Å². The molecular formula is C13H9BrN+. The molecule has 2 aliphatic rings. The second-order valence-corrected chi connectivity index (χ2v) is 4.57. The fourth-order valence-electron chi connectivity index (χ4n) is 1.88. The first-order chi connectivity index (χ1) is 7.33. The second-order valence-electron chi connectivity index (χ2n) is 3.65. The van der Waals surface area contributed by atoms with Crippen LogP contribution in [-0.2, 0) is 6.54 Å². The Bertz CT molecular complexity index is 497. The topological polar surface area (TPSA) is 3.24 Å². The van der Waals surface area contributed by atoms with Crippen molar-refractivity contribution in [3.05, 3.63) is 63.9 Å². The molecule has 0 aliphatic carbocycles. The number of hydrogen-bond acceptors (Lipinski definition) is 1. The maximum Gasteiger partial charge on any atom is 0.210 e. The number of allylic oxidation sites excluding steroid dienone is 3. The fraction of sp³-hybridized carbons (Fsp3) is 0.0769. The van der Waals surface area contributed by atoms with Gasteiger partial charge in [0.15, 0.2) is 0 Å². The molecule has 72 valence electrons. The summed E-state index contributed by atoms with van der Waals surface area (Å²) in [5.74, 6) is 0. The van der Waals surface area contributed by atoms with Crippen LogP contribution in [0.25, 0.3) is 6.08 Å². The van der Waals surface area contributed by atoms with Gasteiger partial charge in [0, 0.05) is 10.0 Å². The molecule has 1 aromatic carbocycles. The smallest absolute Gasteiger partial charge is 0.210 e. The number of benzene rings is 1. The summed E-state index contributed by atoms with van der Waals surface area (Å²) in [5, 5.41) is 0. The van der Waals surface area contributed by atoms with Crippen LogP contribution < -0.4 is 0 Å². The van der Waals surface area contributed by atoms with E-state index in [0.717, 1.165) is 16.7 Å². The number of hydrogen-bond donors (Lipinski definition) is 0. The molecule has 0 radical (unpaired) electrons. The van der Waals surface area contributed by atoms with Crippen molar-refractivity contribution in [1.82, 2.24) is 4.90 Å². The molecule has 0 fully saturated rings. The van der Waals surface area contributed by atoms with Crippen molar-refractivity contribution < 1.29 is 0 Å². The van der Waals surface area contributed by atoms with Crippen LogP contribution >= 0.6 is 15.9 Å². The molecule has 2 aliphatic heterocycles. The van der Waals surface area contributed by atoms with Crippen molar-refractivity contribution in [3.63, 3.8) is 0 Å². The molecule has 0 N–H and O–H groups in total. The lowest BCUT2D eigenvalue weighted by Crippen LogP contribution is -2.20. The van der Waals surface area contributed by atoms with E-state index in [1.54, 1.807) is 0 Å². The van der Waals surface area contributed by atoms with E-state index in [0.29, 0.717) is 0 Å². The second kappa shape index (κ2) is 3.34. The Morgan fingerprint density at radius 1 is 1.33 bits per heavy atom. The lowest BCUT2D eigenvalue weighted by molar-refractivity contribution is 0.463. The van der Waals surface area contributed by atoms with Crippen molar-refractivity contribution in [2.24, 2.45) is 0 Å². The number of rotatable bonds is 0. The minimum atomic E-state index is 0.936. The summed E-state index contributed by atoms with van der Waals surface area (Å²) in [7, 11) is 0. The predicted molar refractivity (Wildman–Crippen MR) is 64.6 cm³/mol. The molecule has 0 unspecified atom stereocenters. The number of nitrogens with zero attached hydrogens (tertiary/aromatic N) is 1. The maximum absolute atomic E-state index is 3.49. The third kappa shape index (κ3) is 1.52. The zero-order chi connectivity index (χ0) is 10.3. The molecule has 0 saturated heterocycles. The Kier molecular flexibility index (Phi) is 1.98. The van der Waals surface area contributed by atoms with Gasteiger partial charge in [0.1, 0.15) is 6.08 Å². The van der Waals surface area contributed by atoms with Crippen LogP contribution in [0.2, 0.25) is 0 Å². The quantitative estimate of drug-likeness (QED) is 0.644. The number of fused-ring (bicyclic) bond motifs is 2. The average molecular weight is 259 g/mol. The van der Waals surface area contributed by atoms with E-state index < -0.39 is 0 Å². The highest BCUT2D eigenvalue weighted by atomic mass is 79.9. The SMILES string of the molecule is Brc1ccc2c(c1)C=C1[C+]=CC=CN1C2. The maximum atomic E-state index is 3.49. The molecule has 0 amide bonds. The lowest BCUT2D eigenvalue weighted by Gasteiger charge is -2.22. The van der Waals surface area contributed by atoms with E-state index in [1.165, 1.54) is 11.1 Å². The lowest BCUT2D eigenvalue weighted by atomic mass is 10.0. The summed E-state index contributed by atoms with van der Waals surface area (Å²) in [6.07, 6.45) is 11.5. The highest BCUT2D eigenvalue weighted by Crippen LogP contribution is 2.28. The summed E-state index contributed by atoms with van der Waals surface area (Å²) in [5.41, 5.74) is 3.78. The Morgan fingerprint density at radius 2 is 2.27 bits per heavy atom. The van der Waals surface area contributed by atoms with Gasteiger partial charge in [-0.15, -0.1) is 0 Å². The minimum absolute atomic E-state index is 0.936. The van der Waals surface area contributed by atoms with Crippen molar-refractivity contribution in [2.75, 3.05) is 0 Å². The third-order valence-electron chi connectivity index (χ3n) is 2.64. The molecule has 3 rings (SSSR count). The Morgan fingerprint density at radius 3 is 3.20 bits per heavy atom. The molecule has 0 aromatic heterocycles. The third-order valence-corrected chi connectivity index (χ3v) is 3.14. The molecule has 2 heterocycles. The first-order valence-electron chi connectivity index (χ1n) is 4.86. The largest absolute Gasteiger partial charge is 0.303 e. The summed E-state index contributed by atoms with van der Waals surface area (Å²) < 4.78 is 1.13. The van der Waals surface area contributed by atoms with Gasteiger partial charge in [-0.1, -0.05) is 22.0 Å². The highest BCUT2D eigenvalue weighted by molar-refractivity contribution is 9.10. The summed E-state index contributed by atoms with van der Waals surface area (Å²) in [6.45, 7) is 0.936. The molecule has 2 heteroatoms. The van der Waals surface area contributed by atoms with Crippen LogP contribution in [0.4, 0.5) is 0 Å². The minimum Gasteiger partial charge on any atom is -0.303 e. The first-order valence-corrected chi connectivity index (χ1v) is 5.65. The highest BCUT2D eigenvalue weighted by Gasteiger charge is 2.22. The van der Waals surface area contributed by atoms with Crippen molar-refractivity contribution in [1.29, 1.82) is 0 Å². The Hall–Kier alpha value is -1.37. The van der Waals surface area contributed by atoms with E-state index in [-0.39, 0.29) is 0 Å². The predicted octanol–water partition coefficient (Wildman–Crippen LogP) is 3.49.